The molecule has 3 N–H and O–H groups in total. The molecule has 4 saturated heterocycles. The highest BCUT2D eigenvalue weighted by Crippen LogP contribution is 2.64. The van der Waals surface area contributed by atoms with Crippen LogP contribution in [0.15, 0.2) is 54.6 Å². The molecule has 9 rings (SSSR count). The van der Waals surface area contributed by atoms with Crippen molar-refractivity contribution in [2.75, 3.05) is 19.7 Å². The van der Waals surface area contributed by atoms with Crippen molar-refractivity contribution in [1.29, 1.82) is 0 Å². The number of hydrogen-bond acceptors (Lipinski definition) is 10. The minimum atomic E-state index is -1.33. The van der Waals surface area contributed by atoms with E-state index in [9.17, 15) is 19.8 Å². The number of aromatic hydroxyl groups is 1. The first kappa shape index (κ1) is 33.1. The van der Waals surface area contributed by atoms with Gasteiger partial charge in [-0.05, 0) is 67.7 Å². The molecule has 0 aromatic heterocycles. The molecule has 2 amide bonds. The minimum Gasteiger partial charge on any atom is -0.508 e. The summed E-state index contributed by atoms with van der Waals surface area (Å²) in [4.78, 5) is 50.9. The molecular weight excluding hydrogens is 654 g/mol. The van der Waals surface area contributed by atoms with E-state index in [1.165, 1.54) is 0 Å². The zero-order valence-electron chi connectivity index (χ0n) is 28.5. The average Bonchev–Trinajstić information content (AvgIpc) is 4.06. The number of rotatable bonds is 11. The number of aliphatic hydroxyl groups is 1. The summed E-state index contributed by atoms with van der Waals surface area (Å²) in [7, 11) is 0. The third kappa shape index (κ3) is 5.49. The van der Waals surface area contributed by atoms with E-state index in [0.717, 1.165) is 42.4 Å². The first-order valence-corrected chi connectivity index (χ1v) is 18.5. The van der Waals surface area contributed by atoms with Gasteiger partial charge in [0.2, 0.25) is 11.8 Å². The molecule has 2 aromatic rings. The maximum Gasteiger partial charge on any atom is 0.327 e. The molecule has 4 heterocycles. The van der Waals surface area contributed by atoms with Crippen LogP contribution in [0.3, 0.4) is 0 Å². The number of para-hydroxylation sites is 1. The normalized spacial score (nSPS) is 33.7. The number of esters is 1. The molecule has 270 valence electrons. The minimum absolute atomic E-state index is 0.101. The number of allylic oxidation sites excluding steroid dienone is 1. The number of fused-ring (bicyclic) bond motifs is 4. The van der Waals surface area contributed by atoms with Gasteiger partial charge in [0.05, 0.1) is 13.2 Å². The highest BCUT2D eigenvalue weighted by atomic mass is 16.8. The predicted molar refractivity (Wildman–Crippen MR) is 181 cm³/mol. The maximum atomic E-state index is 15.1. The van der Waals surface area contributed by atoms with Gasteiger partial charge in [-0.25, -0.2) is 0 Å². The lowest BCUT2D eigenvalue weighted by Gasteiger charge is -2.50. The second-order valence-corrected chi connectivity index (χ2v) is 15.3. The van der Waals surface area contributed by atoms with Gasteiger partial charge in [-0.15, -0.1) is 0 Å². The number of amides is 2. The highest BCUT2D eigenvalue weighted by molar-refractivity contribution is 5.96. The van der Waals surface area contributed by atoms with E-state index in [-0.39, 0.29) is 55.5 Å². The molecule has 3 saturated carbocycles. The van der Waals surface area contributed by atoms with Gasteiger partial charge >= 0.3 is 5.97 Å². The number of nitrogens with one attached hydrogen (secondary N) is 1. The Balaban J connectivity index is 1.01. The lowest BCUT2D eigenvalue weighted by Crippen LogP contribution is -2.70. The van der Waals surface area contributed by atoms with Crippen LogP contribution >= 0.6 is 0 Å². The molecule has 0 radical (unpaired) electrons. The van der Waals surface area contributed by atoms with Crippen molar-refractivity contribution < 1.29 is 43.6 Å². The monoisotopic (exact) mass is 699 g/mol. The Bertz CT molecular complexity index is 1710. The van der Waals surface area contributed by atoms with Crippen molar-refractivity contribution in [3.63, 3.8) is 0 Å². The number of carbonyl (C=O) groups is 3. The van der Waals surface area contributed by atoms with Crippen molar-refractivity contribution in [2.45, 2.75) is 100 Å². The second kappa shape index (κ2) is 12.7. The first-order valence-electron chi connectivity index (χ1n) is 18.5. The molecule has 7 aliphatic rings. The van der Waals surface area contributed by atoms with Gasteiger partial charge in [0.25, 0.3) is 0 Å². The zero-order valence-corrected chi connectivity index (χ0v) is 28.5. The number of aliphatic hydroxyl groups excluding tert-OH is 1. The maximum absolute atomic E-state index is 15.1. The number of phenolic OH excluding ortho intramolecular Hbond substituents is 1. The highest BCUT2D eigenvalue weighted by Gasteiger charge is 2.78. The molecule has 7 fully saturated rings. The lowest BCUT2D eigenvalue weighted by molar-refractivity contribution is -0.235. The van der Waals surface area contributed by atoms with Gasteiger partial charge in [-0.3, -0.25) is 19.2 Å². The van der Waals surface area contributed by atoms with Crippen LogP contribution in [0, 0.1) is 17.3 Å². The summed E-state index contributed by atoms with van der Waals surface area (Å²) in [5.74, 6) is -1.06. The molecule has 3 aliphatic carbocycles. The number of nitrogens with zero attached hydrogens (tertiary/aromatic N) is 2. The van der Waals surface area contributed by atoms with E-state index in [2.05, 4.69) is 5.32 Å². The molecular formula is C39H45N3O9. The smallest absolute Gasteiger partial charge is 0.327 e. The summed E-state index contributed by atoms with van der Waals surface area (Å²) in [5.41, 5.74) is 1.38. The van der Waals surface area contributed by atoms with Crippen LogP contribution in [0.2, 0.25) is 0 Å². The number of carbonyl (C=O) groups excluding carboxylic acids is 3. The third-order valence-corrected chi connectivity index (χ3v) is 12.1. The number of benzene rings is 2. The Kier molecular flexibility index (Phi) is 8.23. The largest absolute Gasteiger partial charge is 0.508 e. The van der Waals surface area contributed by atoms with Gasteiger partial charge in [-0.1, -0.05) is 54.6 Å². The van der Waals surface area contributed by atoms with Gasteiger partial charge in [0.15, 0.2) is 11.8 Å². The van der Waals surface area contributed by atoms with E-state index in [4.69, 9.17) is 19.0 Å². The van der Waals surface area contributed by atoms with E-state index in [1.807, 2.05) is 48.6 Å². The average molecular weight is 700 g/mol. The summed E-state index contributed by atoms with van der Waals surface area (Å²) >= 11 is 0. The standard InChI is InChI=1S/C39H45N3O9/c43-20-18-40-35(45)28-8-4-19-41(28)37(47)38-21-30-31-32(50-39(49-31,26-14-15-26)27-16-17-27)34(38)51-42(33(38)36(46)48-30)22-24-12-10-23(11-13-24)5-3-7-25-6-1-2-9-29(25)44/h1-3,5-6,9-13,26-28,30-34,43-44H,4,7-8,14-22H2,(H,40,45)/t28-,30-,31+,32+,33+,34-,38+/m1/s1. The Morgan fingerprint density at radius 2 is 1.73 bits per heavy atom. The molecule has 0 unspecified atom stereocenters. The van der Waals surface area contributed by atoms with Crippen molar-refractivity contribution in [3.05, 3.63) is 71.3 Å². The summed E-state index contributed by atoms with van der Waals surface area (Å²) in [6.07, 6.45) is 7.39. The van der Waals surface area contributed by atoms with Crippen LogP contribution in [-0.4, -0.2) is 99.9 Å². The van der Waals surface area contributed by atoms with Gasteiger partial charge < -0.3 is 34.6 Å². The van der Waals surface area contributed by atoms with Crippen molar-refractivity contribution >= 4 is 23.9 Å². The van der Waals surface area contributed by atoms with Crippen LogP contribution in [0.25, 0.3) is 6.08 Å². The predicted octanol–water partition coefficient (Wildman–Crippen LogP) is 2.85. The van der Waals surface area contributed by atoms with Crippen molar-refractivity contribution in [2.24, 2.45) is 17.3 Å². The molecule has 0 spiro atoms. The van der Waals surface area contributed by atoms with E-state index in [1.54, 1.807) is 22.1 Å². The Morgan fingerprint density at radius 3 is 2.45 bits per heavy atom. The van der Waals surface area contributed by atoms with Crippen LogP contribution < -0.4 is 5.32 Å². The third-order valence-electron chi connectivity index (χ3n) is 12.1. The Morgan fingerprint density at radius 1 is 0.980 bits per heavy atom. The summed E-state index contributed by atoms with van der Waals surface area (Å²) < 4.78 is 20.0. The summed E-state index contributed by atoms with van der Waals surface area (Å²) in [6.45, 7) is 0.516. The van der Waals surface area contributed by atoms with Gasteiger partial charge in [0, 0.05) is 31.3 Å². The number of ether oxygens (including phenoxy) is 3. The number of hydroxylamine groups is 2. The molecule has 7 atom stereocenters. The topological polar surface area (TPSA) is 147 Å². The molecule has 12 heteroatoms. The molecule has 4 aliphatic heterocycles. The SMILES string of the molecule is O=C(NCCO)[C@H]1CCCN1C(=O)[C@@]12C[C@H]3OC(=O)[C@@H]1N(Cc1ccc(C=CCc4ccccc4O)cc1)O[C@@H]2[C@H]1OC(C2CC2)(C2CC2)O[C@H]13. The van der Waals surface area contributed by atoms with E-state index >= 15 is 4.79 Å². The Hall–Kier alpha value is -3.81. The number of hydrogen-bond donors (Lipinski definition) is 3. The fraction of sp³-hybridized carbons (Fsp3) is 0.564. The van der Waals surface area contributed by atoms with Crippen LogP contribution in [0.5, 0.6) is 5.75 Å². The summed E-state index contributed by atoms with van der Waals surface area (Å²) in [6, 6.07) is 13.5. The Labute approximate surface area is 296 Å². The van der Waals surface area contributed by atoms with E-state index < -0.39 is 53.7 Å². The fourth-order valence-electron chi connectivity index (χ4n) is 9.41. The van der Waals surface area contributed by atoms with Crippen LogP contribution in [0.1, 0.15) is 61.6 Å². The molecule has 2 aromatic carbocycles. The molecule has 2 bridgehead atoms. The van der Waals surface area contributed by atoms with Gasteiger partial charge in [-0.2, -0.15) is 5.06 Å². The van der Waals surface area contributed by atoms with Crippen LogP contribution in [-0.2, 0) is 46.4 Å². The first-order chi connectivity index (χ1) is 24.8. The lowest BCUT2D eigenvalue weighted by atomic mass is 9.62. The zero-order chi connectivity index (χ0) is 34.9. The number of phenols is 1. The fourth-order valence-corrected chi connectivity index (χ4v) is 9.41. The molecule has 12 nitrogen and oxygen atoms in total. The quantitative estimate of drug-likeness (QED) is 0.300. The second-order valence-electron chi connectivity index (χ2n) is 15.3. The van der Waals surface area contributed by atoms with Crippen molar-refractivity contribution in [3.8, 4) is 5.75 Å². The van der Waals surface area contributed by atoms with E-state index in [0.29, 0.717) is 25.8 Å². The van der Waals surface area contributed by atoms with Crippen molar-refractivity contribution in [1.82, 2.24) is 15.3 Å². The molecule has 51 heavy (non-hydrogen) atoms. The van der Waals surface area contributed by atoms with Crippen LogP contribution in [0.4, 0.5) is 0 Å². The summed E-state index contributed by atoms with van der Waals surface area (Å²) in [5, 5.41) is 23.8. The van der Waals surface area contributed by atoms with Gasteiger partial charge in [0.1, 0.15) is 41.6 Å². The number of likely N-dealkylation sites (tertiary alicyclic amines) is 1.